The van der Waals surface area contributed by atoms with E-state index >= 15 is 0 Å². The van der Waals surface area contributed by atoms with Crippen molar-refractivity contribution in [2.24, 2.45) is 11.7 Å². The normalized spacial score (nSPS) is 11.6. The highest BCUT2D eigenvalue weighted by molar-refractivity contribution is 5.94. The number of anilines is 1. The van der Waals surface area contributed by atoms with Crippen molar-refractivity contribution in [3.8, 4) is 5.75 Å². The van der Waals surface area contributed by atoms with Gasteiger partial charge in [0.25, 0.3) is 0 Å². The first-order chi connectivity index (χ1) is 8.49. The Bertz CT molecular complexity index is 395. The maximum absolute atomic E-state index is 11.4. The number of hydrogen-bond donors (Lipinski definition) is 2. The van der Waals surface area contributed by atoms with Crippen LogP contribution in [0.3, 0.4) is 0 Å². The molecular weight excluding hydrogens is 264 g/mol. The van der Waals surface area contributed by atoms with Crippen molar-refractivity contribution in [1.82, 2.24) is 0 Å². The van der Waals surface area contributed by atoms with E-state index in [-0.39, 0.29) is 18.3 Å². The predicted octanol–water partition coefficient (Wildman–Crippen LogP) is 2.82. The van der Waals surface area contributed by atoms with Crippen molar-refractivity contribution >= 4 is 24.0 Å². The molecule has 0 spiro atoms. The third kappa shape index (κ3) is 7.03. The highest BCUT2D eigenvalue weighted by Crippen LogP contribution is 2.18. The van der Waals surface area contributed by atoms with Crippen LogP contribution in [0.25, 0.3) is 0 Å². The number of hydrogen-bond acceptors (Lipinski definition) is 3. The van der Waals surface area contributed by atoms with Crippen LogP contribution in [-0.2, 0) is 4.79 Å². The van der Waals surface area contributed by atoms with E-state index in [0.29, 0.717) is 18.2 Å². The second-order valence-corrected chi connectivity index (χ2v) is 4.84. The number of nitrogens with one attached hydrogen (secondary N) is 1. The molecule has 3 N–H and O–H groups in total. The molecule has 19 heavy (non-hydrogen) atoms. The molecule has 0 saturated heterocycles. The molecule has 4 nitrogen and oxygen atoms in total. The van der Waals surface area contributed by atoms with Gasteiger partial charge in [0, 0.05) is 11.8 Å². The zero-order chi connectivity index (χ0) is 13.5. The lowest BCUT2D eigenvalue weighted by Crippen LogP contribution is -2.32. The van der Waals surface area contributed by atoms with Gasteiger partial charge in [-0.1, -0.05) is 19.9 Å². The summed E-state index contributed by atoms with van der Waals surface area (Å²) in [6.45, 7) is 6.64. The van der Waals surface area contributed by atoms with Crippen LogP contribution in [0.2, 0.25) is 0 Å². The summed E-state index contributed by atoms with van der Waals surface area (Å²) in [5, 5.41) is 2.74. The largest absolute Gasteiger partial charge is 0.494 e. The zero-order valence-electron chi connectivity index (χ0n) is 11.7. The van der Waals surface area contributed by atoms with Crippen molar-refractivity contribution in [2.45, 2.75) is 33.2 Å². The molecule has 0 aliphatic carbocycles. The molecule has 0 saturated carbocycles. The van der Waals surface area contributed by atoms with Gasteiger partial charge in [0.2, 0.25) is 5.91 Å². The van der Waals surface area contributed by atoms with Crippen molar-refractivity contribution < 1.29 is 9.53 Å². The molecule has 1 amide bonds. The smallest absolute Gasteiger partial charge is 0.241 e. The number of ether oxygens (including phenoxy) is 1. The number of amides is 1. The summed E-state index contributed by atoms with van der Waals surface area (Å²) in [6.07, 6.45) is 1.01. The standard InChI is InChI=1S/C14H22N2O2.ClH/c1-10(2)7-8-18-13-6-4-5-12(9-13)16-14(17)11(3)15;/h4-6,9-11H,7-8,15H2,1-3H3,(H,16,17);1H. The van der Waals surface area contributed by atoms with Crippen LogP contribution >= 0.6 is 12.4 Å². The fraction of sp³-hybridized carbons (Fsp3) is 0.500. The minimum absolute atomic E-state index is 0. The van der Waals surface area contributed by atoms with Crippen LogP contribution in [0, 0.1) is 5.92 Å². The van der Waals surface area contributed by atoms with Gasteiger partial charge in [-0.05, 0) is 31.4 Å². The van der Waals surface area contributed by atoms with E-state index in [1.165, 1.54) is 0 Å². The molecule has 0 bridgehead atoms. The number of carbonyl (C=O) groups is 1. The van der Waals surface area contributed by atoms with E-state index in [9.17, 15) is 4.79 Å². The summed E-state index contributed by atoms with van der Waals surface area (Å²) in [4.78, 5) is 11.4. The van der Waals surface area contributed by atoms with Crippen molar-refractivity contribution in [3.05, 3.63) is 24.3 Å². The Morgan fingerprint density at radius 1 is 1.37 bits per heavy atom. The third-order valence-electron chi connectivity index (χ3n) is 2.48. The van der Waals surface area contributed by atoms with Crippen LogP contribution < -0.4 is 15.8 Å². The van der Waals surface area contributed by atoms with Gasteiger partial charge in [-0.2, -0.15) is 0 Å². The van der Waals surface area contributed by atoms with E-state index in [1.807, 2.05) is 18.2 Å². The molecule has 0 radical (unpaired) electrons. The van der Waals surface area contributed by atoms with Crippen molar-refractivity contribution in [2.75, 3.05) is 11.9 Å². The first-order valence-electron chi connectivity index (χ1n) is 6.28. The van der Waals surface area contributed by atoms with Crippen LogP contribution in [0.5, 0.6) is 5.75 Å². The van der Waals surface area contributed by atoms with Crippen LogP contribution in [0.4, 0.5) is 5.69 Å². The second kappa shape index (κ2) is 8.77. The summed E-state index contributed by atoms with van der Waals surface area (Å²) < 4.78 is 5.62. The molecule has 1 aromatic carbocycles. The highest BCUT2D eigenvalue weighted by atomic mass is 35.5. The number of nitrogens with two attached hydrogens (primary N) is 1. The number of benzene rings is 1. The molecule has 5 heteroatoms. The van der Waals surface area contributed by atoms with Gasteiger partial charge in [0.1, 0.15) is 5.75 Å². The van der Waals surface area contributed by atoms with Gasteiger partial charge in [0.15, 0.2) is 0 Å². The van der Waals surface area contributed by atoms with Gasteiger partial charge in [-0.25, -0.2) is 0 Å². The van der Waals surface area contributed by atoms with Gasteiger partial charge in [-0.15, -0.1) is 12.4 Å². The summed E-state index contributed by atoms with van der Waals surface area (Å²) >= 11 is 0. The quantitative estimate of drug-likeness (QED) is 0.845. The summed E-state index contributed by atoms with van der Waals surface area (Å²) in [5.74, 6) is 1.18. The summed E-state index contributed by atoms with van der Waals surface area (Å²) in [5.41, 5.74) is 6.20. The average molecular weight is 287 g/mol. The lowest BCUT2D eigenvalue weighted by atomic mass is 10.1. The Balaban J connectivity index is 0.00000324. The van der Waals surface area contributed by atoms with E-state index in [1.54, 1.807) is 13.0 Å². The maximum Gasteiger partial charge on any atom is 0.241 e. The Hall–Kier alpha value is -1.26. The Morgan fingerprint density at radius 3 is 2.63 bits per heavy atom. The number of rotatable bonds is 6. The van der Waals surface area contributed by atoms with Gasteiger partial charge >= 0.3 is 0 Å². The summed E-state index contributed by atoms with van der Waals surface area (Å²) in [6, 6.07) is 6.83. The van der Waals surface area contributed by atoms with E-state index < -0.39 is 6.04 Å². The second-order valence-electron chi connectivity index (χ2n) is 4.84. The predicted molar refractivity (Wildman–Crippen MR) is 80.9 cm³/mol. The minimum Gasteiger partial charge on any atom is -0.494 e. The molecule has 108 valence electrons. The fourth-order valence-corrected chi connectivity index (χ4v) is 1.33. The lowest BCUT2D eigenvalue weighted by molar-refractivity contribution is -0.117. The number of carbonyl (C=O) groups excluding carboxylic acids is 1. The molecule has 0 aliphatic heterocycles. The molecule has 1 atom stereocenters. The maximum atomic E-state index is 11.4. The number of halogens is 1. The van der Waals surface area contributed by atoms with Crippen LogP contribution in [0.15, 0.2) is 24.3 Å². The van der Waals surface area contributed by atoms with Crippen molar-refractivity contribution in [1.29, 1.82) is 0 Å². The Labute approximate surface area is 121 Å². The van der Waals surface area contributed by atoms with Crippen LogP contribution in [0.1, 0.15) is 27.2 Å². The molecule has 0 fully saturated rings. The van der Waals surface area contributed by atoms with E-state index in [4.69, 9.17) is 10.5 Å². The molecule has 0 aliphatic rings. The first kappa shape index (κ1) is 17.7. The SMILES string of the molecule is CC(C)CCOc1cccc(NC(=O)C(C)N)c1.Cl. The van der Waals surface area contributed by atoms with Gasteiger partial charge in [-0.3, -0.25) is 4.79 Å². The van der Waals surface area contributed by atoms with Crippen LogP contribution in [-0.4, -0.2) is 18.6 Å². The van der Waals surface area contributed by atoms with Gasteiger partial charge in [0.05, 0.1) is 12.6 Å². The van der Waals surface area contributed by atoms with Crippen molar-refractivity contribution in [3.63, 3.8) is 0 Å². The third-order valence-corrected chi connectivity index (χ3v) is 2.48. The highest BCUT2D eigenvalue weighted by Gasteiger charge is 2.07. The monoisotopic (exact) mass is 286 g/mol. The Kier molecular flexibility index (Phi) is 8.19. The van der Waals surface area contributed by atoms with E-state index in [2.05, 4.69) is 19.2 Å². The molecule has 1 rings (SSSR count). The lowest BCUT2D eigenvalue weighted by Gasteiger charge is -2.11. The molecule has 1 unspecified atom stereocenters. The Morgan fingerprint density at radius 2 is 2.05 bits per heavy atom. The zero-order valence-corrected chi connectivity index (χ0v) is 12.5. The molecular formula is C14H23ClN2O2. The molecule has 0 heterocycles. The first-order valence-corrected chi connectivity index (χ1v) is 6.28. The minimum atomic E-state index is -0.518. The molecule has 1 aromatic rings. The average Bonchev–Trinajstić information content (AvgIpc) is 2.28. The molecule has 0 aromatic heterocycles. The summed E-state index contributed by atoms with van der Waals surface area (Å²) in [7, 11) is 0. The fourth-order valence-electron chi connectivity index (χ4n) is 1.33. The topological polar surface area (TPSA) is 64.3 Å². The van der Waals surface area contributed by atoms with Gasteiger partial charge < -0.3 is 15.8 Å². The van der Waals surface area contributed by atoms with E-state index in [0.717, 1.165) is 12.2 Å².